The van der Waals surface area contributed by atoms with E-state index in [0.717, 1.165) is 17.0 Å². The number of anilines is 1. The first-order chi connectivity index (χ1) is 16.1. The topological polar surface area (TPSA) is 86.3 Å². The number of hydrogen-bond acceptors (Lipinski definition) is 5. The summed E-state index contributed by atoms with van der Waals surface area (Å²) in [6.45, 7) is 2.93. The van der Waals surface area contributed by atoms with Crippen molar-refractivity contribution in [1.82, 2.24) is 24.1 Å². The first-order valence-electron chi connectivity index (χ1n) is 10.5. The van der Waals surface area contributed by atoms with Crippen LogP contribution in [0.25, 0.3) is 5.65 Å². The quantitative estimate of drug-likeness (QED) is 0.413. The van der Waals surface area contributed by atoms with Crippen LogP contribution in [0.1, 0.15) is 27.3 Å². The fraction of sp³-hybridized carbons (Fsp3) is 0.120. The Morgan fingerprint density at radius 3 is 2.70 bits per heavy atom. The Balaban J connectivity index is 1.17. The van der Waals surface area contributed by atoms with Crippen molar-refractivity contribution in [2.75, 3.05) is 5.32 Å². The molecule has 0 saturated carbocycles. The van der Waals surface area contributed by atoms with Crippen LogP contribution in [-0.2, 0) is 13.2 Å². The Morgan fingerprint density at radius 2 is 1.88 bits per heavy atom. The second-order valence-corrected chi connectivity index (χ2v) is 7.69. The number of amides is 1. The third-order valence-corrected chi connectivity index (χ3v) is 5.08. The van der Waals surface area contributed by atoms with Crippen molar-refractivity contribution >= 4 is 17.4 Å². The molecule has 5 rings (SSSR count). The second-order valence-electron chi connectivity index (χ2n) is 7.69. The normalized spacial score (nSPS) is 10.9. The molecule has 0 atom stereocenters. The third kappa shape index (κ3) is 4.90. The number of carbonyl (C=O) groups excluding carboxylic acids is 1. The number of hydrogen-bond donors (Lipinski definition) is 1. The maximum atomic E-state index is 12.6. The lowest BCUT2D eigenvalue weighted by molar-refractivity contribution is 0.102. The van der Waals surface area contributed by atoms with Crippen molar-refractivity contribution in [3.63, 3.8) is 0 Å². The van der Waals surface area contributed by atoms with Gasteiger partial charge in [-0.2, -0.15) is 5.10 Å². The van der Waals surface area contributed by atoms with E-state index in [9.17, 15) is 4.79 Å². The molecule has 0 aliphatic heterocycles. The van der Waals surface area contributed by atoms with Crippen LogP contribution in [0.4, 0.5) is 5.82 Å². The monoisotopic (exact) mass is 438 g/mol. The predicted octanol–water partition coefficient (Wildman–Crippen LogP) is 4.11. The highest BCUT2D eigenvalue weighted by Gasteiger charge is 2.09. The molecule has 8 nitrogen and oxygen atoms in total. The van der Waals surface area contributed by atoms with Crippen LogP contribution >= 0.6 is 0 Å². The maximum Gasteiger partial charge on any atom is 0.256 e. The van der Waals surface area contributed by atoms with Gasteiger partial charge in [-0.05, 0) is 55.0 Å². The van der Waals surface area contributed by atoms with Crippen LogP contribution in [0, 0.1) is 6.92 Å². The zero-order chi connectivity index (χ0) is 22.6. The molecule has 0 saturated heterocycles. The van der Waals surface area contributed by atoms with Gasteiger partial charge in [0.15, 0.2) is 5.82 Å². The molecule has 0 aliphatic rings. The van der Waals surface area contributed by atoms with Gasteiger partial charge in [-0.15, -0.1) is 0 Å². The lowest BCUT2D eigenvalue weighted by Gasteiger charge is -2.06. The Morgan fingerprint density at radius 1 is 1.00 bits per heavy atom. The highest BCUT2D eigenvalue weighted by molar-refractivity contribution is 6.03. The van der Waals surface area contributed by atoms with Gasteiger partial charge < -0.3 is 14.5 Å². The summed E-state index contributed by atoms with van der Waals surface area (Å²) < 4.78 is 9.55. The summed E-state index contributed by atoms with van der Waals surface area (Å²) in [5, 5.41) is 7.20. The van der Waals surface area contributed by atoms with Crippen molar-refractivity contribution in [1.29, 1.82) is 0 Å². The maximum absolute atomic E-state index is 12.6. The molecule has 0 spiro atoms. The van der Waals surface area contributed by atoms with Crippen molar-refractivity contribution in [2.45, 2.75) is 20.1 Å². The molecule has 0 unspecified atom stereocenters. The molecular weight excluding hydrogens is 416 g/mol. The van der Waals surface area contributed by atoms with Gasteiger partial charge in [0.25, 0.3) is 5.91 Å². The van der Waals surface area contributed by atoms with E-state index >= 15 is 0 Å². The third-order valence-electron chi connectivity index (χ3n) is 5.08. The summed E-state index contributed by atoms with van der Waals surface area (Å²) in [5.41, 5.74) is 4.30. The highest BCUT2D eigenvalue weighted by atomic mass is 16.5. The molecule has 0 fully saturated rings. The molecule has 0 bridgehead atoms. The minimum absolute atomic E-state index is 0.236. The average molecular weight is 438 g/mol. The van der Waals surface area contributed by atoms with Crippen LogP contribution in [0.2, 0.25) is 0 Å². The van der Waals surface area contributed by atoms with Gasteiger partial charge in [0.2, 0.25) is 0 Å². The Labute approximate surface area is 190 Å². The fourth-order valence-electron chi connectivity index (χ4n) is 3.45. The van der Waals surface area contributed by atoms with E-state index in [4.69, 9.17) is 4.74 Å². The Kier molecular flexibility index (Phi) is 5.55. The minimum atomic E-state index is -0.236. The molecule has 1 aromatic carbocycles. The van der Waals surface area contributed by atoms with Gasteiger partial charge in [0, 0.05) is 36.4 Å². The average Bonchev–Trinajstić information content (AvgIpc) is 3.44. The van der Waals surface area contributed by atoms with Crippen LogP contribution in [0.3, 0.4) is 0 Å². The summed E-state index contributed by atoms with van der Waals surface area (Å²) in [4.78, 5) is 21.4. The van der Waals surface area contributed by atoms with Crippen molar-refractivity contribution < 1.29 is 9.53 Å². The molecule has 1 amide bonds. The van der Waals surface area contributed by atoms with Gasteiger partial charge in [-0.25, -0.2) is 4.98 Å². The molecule has 33 heavy (non-hydrogen) atoms. The number of carbonyl (C=O) groups is 1. The zero-order valence-electron chi connectivity index (χ0n) is 18.0. The molecule has 4 heterocycles. The summed E-state index contributed by atoms with van der Waals surface area (Å²) in [6.07, 6.45) is 7.53. The largest absolute Gasteiger partial charge is 0.487 e. The van der Waals surface area contributed by atoms with Crippen LogP contribution in [0.5, 0.6) is 5.75 Å². The van der Waals surface area contributed by atoms with Crippen molar-refractivity contribution in [3.8, 4) is 5.75 Å². The van der Waals surface area contributed by atoms with Gasteiger partial charge in [0.05, 0.1) is 17.9 Å². The van der Waals surface area contributed by atoms with Crippen LogP contribution < -0.4 is 10.1 Å². The molecule has 5 aromatic rings. The number of aromatic nitrogens is 5. The molecular formula is C25H22N6O2. The zero-order valence-corrected chi connectivity index (χ0v) is 18.0. The highest BCUT2D eigenvalue weighted by Crippen LogP contribution is 2.16. The number of ether oxygens (including phenoxy) is 1. The van der Waals surface area contributed by atoms with E-state index < -0.39 is 0 Å². The predicted molar refractivity (Wildman–Crippen MR) is 124 cm³/mol. The molecule has 1 N–H and O–H groups in total. The number of benzene rings is 1. The van der Waals surface area contributed by atoms with Crippen LogP contribution in [0.15, 0.2) is 85.5 Å². The smallest absolute Gasteiger partial charge is 0.256 e. The van der Waals surface area contributed by atoms with E-state index in [2.05, 4.69) is 20.4 Å². The number of fused-ring (bicyclic) bond motifs is 1. The second kappa shape index (κ2) is 8.96. The van der Waals surface area contributed by atoms with E-state index in [-0.39, 0.29) is 5.91 Å². The molecule has 0 radical (unpaired) electrons. The Hall–Kier alpha value is -4.46. The lowest BCUT2D eigenvalue weighted by Crippen LogP contribution is -2.13. The first kappa shape index (κ1) is 20.4. The lowest BCUT2D eigenvalue weighted by atomic mass is 10.2. The molecule has 0 aliphatic carbocycles. The number of nitrogens with zero attached hydrogens (tertiary/aromatic N) is 5. The van der Waals surface area contributed by atoms with E-state index in [1.54, 1.807) is 41.2 Å². The summed E-state index contributed by atoms with van der Waals surface area (Å²) in [5.74, 6) is 0.915. The standard InChI is InChI=1S/C25H22N6O2/c1-18-5-10-24-27-21(15-30(24)14-18)17-33-22-8-6-19(7-9-22)25(32)28-23-11-13-31(29-23)16-20-4-2-3-12-26-20/h2-15H,16-17H2,1H3,(H,28,29,32). The number of pyridine rings is 2. The minimum Gasteiger partial charge on any atom is -0.487 e. The van der Waals surface area contributed by atoms with Crippen molar-refractivity contribution in [2.24, 2.45) is 0 Å². The van der Waals surface area contributed by atoms with E-state index in [0.29, 0.717) is 30.3 Å². The number of aryl methyl sites for hydroxylation is 1. The number of imidazole rings is 1. The van der Waals surface area contributed by atoms with Gasteiger partial charge in [0.1, 0.15) is 18.0 Å². The summed E-state index contributed by atoms with van der Waals surface area (Å²) >= 11 is 0. The number of rotatable bonds is 7. The van der Waals surface area contributed by atoms with E-state index in [1.165, 1.54) is 5.56 Å². The SMILES string of the molecule is Cc1ccc2nc(COc3ccc(C(=O)Nc4ccn(Cc5ccccn5)n4)cc3)cn2c1. The summed E-state index contributed by atoms with van der Waals surface area (Å²) in [7, 11) is 0. The van der Waals surface area contributed by atoms with Gasteiger partial charge in [-0.1, -0.05) is 12.1 Å². The fourth-order valence-corrected chi connectivity index (χ4v) is 3.45. The molecule has 8 heteroatoms. The van der Waals surface area contributed by atoms with Gasteiger partial charge >= 0.3 is 0 Å². The number of nitrogens with one attached hydrogen (secondary N) is 1. The van der Waals surface area contributed by atoms with Crippen LogP contribution in [-0.4, -0.2) is 30.1 Å². The first-order valence-corrected chi connectivity index (χ1v) is 10.5. The molecule has 4 aromatic heterocycles. The summed E-state index contributed by atoms with van der Waals surface area (Å²) in [6, 6.07) is 18.5. The molecule has 164 valence electrons. The van der Waals surface area contributed by atoms with E-state index in [1.807, 2.05) is 60.2 Å². The van der Waals surface area contributed by atoms with Gasteiger partial charge in [-0.3, -0.25) is 14.5 Å². The Bertz CT molecular complexity index is 1390. The van der Waals surface area contributed by atoms with Crippen molar-refractivity contribution in [3.05, 3.63) is 108 Å².